The van der Waals surface area contributed by atoms with Crippen LogP contribution in [0, 0.1) is 0 Å². The van der Waals surface area contributed by atoms with Crippen LogP contribution >= 0.6 is 0 Å². The highest BCUT2D eigenvalue weighted by Crippen LogP contribution is 2.40. The first-order valence-corrected chi connectivity index (χ1v) is 7.71. The van der Waals surface area contributed by atoms with Crippen LogP contribution in [-0.2, 0) is 9.53 Å². The van der Waals surface area contributed by atoms with Crippen LogP contribution in [0.2, 0.25) is 0 Å². The predicted molar refractivity (Wildman–Crippen MR) is 79.7 cm³/mol. The monoisotopic (exact) mass is 283 g/mol. The molecule has 0 aromatic heterocycles. The molecule has 0 saturated carbocycles. The van der Waals surface area contributed by atoms with Gasteiger partial charge in [-0.25, -0.2) is 0 Å². The summed E-state index contributed by atoms with van der Waals surface area (Å²) in [5, 5.41) is 6.29. The van der Waals surface area contributed by atoms with E-state index in [0.29, 0.717) is 6.54 Å². The van der Waals surface area contributed by atoms with Crippen molar-refractivity contribution in [1.29, 1.82) is 0 Å². The molecular weight excluding hydrogens is 254 g/mol. The van der Waals surface area contributed by atoms with E-state index in [1.54, 1.807) is 0 Å². The minimum atomic E-state index is -0.217. The zero-order valence-corrected chi connectivity index (χ0v) is 13.5. The molecule has 2 rings (SSSR count). The number of rotatable bonds is 3. The second-order valence-electron chi connectivity index (χ2n) is 7.04. The smallest absolute Gasteiger partial charge is 0.238 e. The van der Waals surface area contributed by atoms with E-state index in [1.807, 2.05) is 6.92 Å². The number of carbonyl (C=O) groups excluding carboxylic acids is 1. The highest BCUT2D eigenvalue weighted by molar-refractivity contribution is 5.82. The third-order valence-electron chi connectivity index (χ3n) is 4.37. The fraction of sp³-hybridized carbons (Fsp3) is 0.933. The molecule has 0 bridgehead atoms. The second-order valence-corrected chi connectivity index (χ2v) is 7.04. The highest BCUT2D eigenvalue weighted by atomic mass is 16.5. The molecule has 1 amide bonds. The Morgan fingerprint density at radius 1 is 1.40 bits per heavy atom. The largest absolute Gasteiger partial charge is 0.368 e. The summed E-state index contributed by atoms with van der Waals surface area (Å²) in [6, 6.07) is 0.192. The van der Waals surface area contributed by atoms with Crippen LogP contribution in [0.1, 0.15) is 41.0 Å². The molecule has 0 aliphatic carbocycles. The van der Waals surface area contributed by atoms with Gasteiger partial charge in [0.05, 0.1) is 11.2 Å². The Morgan fingerprint density at radius 3 is 2.65 bits per heavy atom. The Hall–Kier alpha value is -0.650. The van der Waals surface area contributed by atoms with Gasteiger partial charge < -0.3 is 15.4 Å². The van der Waals surface area contributed by atoms with E-state index in [0.717, 1.165) is 26.1 Å². The number of ether oxygens (including phenoxy) is 1. The fourth-order valence-corrected chi connectivity index (χ4v) is 3.68. The first-order valence-electron chi connectivity index (χ1n) is 7.71. The van der Waals surface area contributed by atoms with E-state index >= 15 is 0 Å². The van der Waals surface area contributed by atoms with Crippen LogP contribution in [0.3, 0.4) is 0 Å². The molecule has 2 aliphatic heterocycles. The standard InChI is InChI=1S/C15H29N3O2/c1-6-17-13(19)11-10-16-7-8-18(11)12-9-14(2,3)20-15(12,4)5/h11-12,16H,6-10H2,1-5H3,(H,17,19). The maximum atomic E-state index is 12.3. The molecule has 20 heavy (non-hydrogen) atoms. The Morgan fingerprint density at radius 2 is 2.10 bits per heavy atom. The van der Waals surface area contributed by atoms with Gasteiger partial charge in [0.25, 0.3) is 0 Å². The van der Waals surface area contributed by atoms with Gasteiger partial charge in [0, 0.05) is 32.2 Å². The van der Waals surface area contributed by atoms with E-state index < -0.39 is 0 Å². The Bertz CT molecular complexity index is 368. The third kappa shape index (κ3) is 3.15. The molecular formula is C15H29N3O2. The van der Waals surface area contributed by atoms with Crippen molar-refractivity contribution in [3.8, 4) is 0 Å². The number of likely N-dealkylation sites (N-methyl/N-ethyl adjacent to an activating group) is 1. The summed E-state index contributed by atoms with van der Waals surface area (Å²) in [4.78, 5) is 14.6. The lowest BCUT2D eigenvalue weighted by Gasteiger charge is -2.43. The van der Waals surface area contributed by atoms with Gasteiger partial charge in [0.1, 0.15) is 6.04 Å². The molecule has 2 fully saturated rings. The van der Waals surface area contributed by atoms with Crippen molar-refractivity contribution in [3.05, 3.63) is 0 Å². The van der Waals surface area contributed by atoms with E-state index in [9.17, 15) is 4.79 Å². The van der Waals surface area contributed by atoms with E-state index in [-0.39, 0.29) is 29.2 Å². The molecule has 2 unspecified atom stereocenters. The topological polar surface area (TPSA) is 53.6 Å². The quantitative estimate of drug-likeness (QED) is 0.802. The Kier molecular flexibility index (Phi) is 4.42. The summed E-state index contributed by atoms with van der Waals surface area (Å²) in [5.41, 5.74) is -0.337. The van der Waals surface area contributed by atoms with E-state index in [1.165, 1.54) is 0 Å². The van der Waals surface area contributed by atoms with Gasteiger partial charge in [-0.1, -0.05) is 0 Å². The van der Waals surface area contributed by atoms with Crippen molar-refractivity contribution in [1.82, 2.24) is 15.5 Å². The number of nitrogens with zero attached hydrogens (tertiary/aromatic N) is 1. The van der Waals surface area contributed by atoms with Gasteiger partial charge in [-0.2, -0.15) is 0 Å². The SMILES string of the molecule is CCNC(=O)C1CNCCN1C1CC(C)(C)OC1(C)C. The number of amides is 1. The molecule has 2 N–H and O–H groups in total. The molecule has 2 atom stereocenters. The molecule has 5 nitrogen and oxygen atoms in total. The molecule has 5 heteroatoms. The normalized spacial score (nSPS) is 33.0. The number of hydrogen-bond donors (Lipinski definition) is 2. The van der Waals surface area contributed by atoms with Crippen LogP contribution in [0.15, 0.2) is 0 Å². The molecule has 2 aliphatic rings. The van der Waals surface area contributed by atoms with Gasteiger partial charge in [-0.3, -0.25) is 9.69 Å². The van der Waals surface area contributed by atoms with Crippen LogP contribution < -0.4 is 10.6 Å². The fourth-order valence-electron chi connectivity index (χ4n) is 3.68. The summed E-state index contributed by atoms with van der Waals surface area (Å²) in [6.07, 6.45) is 0.968. The third-order valence-corrected chi connectivity index (χ3v) is 4.37. The van der Waals surface area contributed by atoms with Crippen molar-refractivity contribution in [2.24, 2.45) is 0 Å². The average molecular weight is 283 g/mol. The average Bonchev–Trinajstić information content (AvgIpc) is 2.57. The highest BCUT2D eigenvalue weighted by Gasteiger charge is 2.50. The minimum absolute atomic E-state index is 0.0922. The molecule has 0 spiro atoms. The number of nitrogens with one attached hydrogen (secondary N) is 2. The zero-order valence-electron chi connectivity index (χ0n) is 13.5. The summed E-state index contributed by atoms with van der Waals surface area (Å²) in [5.74, 6) is 0.125. The maximum Gasteiger partial charge on any atom is 0.238 e. The summed E-state index contributed by atoms with van der Waals surface area (Å²) < 4.78 is 6.20. The lowest BCUT2D eigenvalue weighted by molar-refractivity contribution is -0.130. The predicted octanol–water partition coefficient (Wildman–Crippen LogP) is 0.742. The number of piperazine rings is 1. The maximum absolute atomic E-state index is 12.3. The molecule has 116 valence electrons. The molecule has 2 saturated heterocycles. The van der Waals surface area contributed by atoms with Crippen LogP contribution in [0.4, 0.5) is 0 Å². The lowest BCUT2D eigenvalue weighted by Crippen LogP contribution is -2.63. The Labute approximate surface area is 122 Å². The first-order chi connectivity index (χ1) is 9.27. The minimum Gasteiger partial charge on any atom is -0.368 e. The van der Waals surface area contributed by atoms with E-state index in [2.05, 4.69) is 43.2 Å². The van der Waals surface area contributed by atoms with E-state index in [4.69, 9.17) is 4.74 Å². The number of carbonyl (C=O) groups is 1. The van der Waals surface area contributed by atoms with Gasteiger partial charge in [-0.15, -0.1) is 0 Å². The van der Waals surface area contributed by atoms with Gasteiger partial charge in [-0.05, 0) is 41.0 Å². The molecule has 2 heterocycles. The van der Waals surface area contributed by atoms with Crippen LogP contribution in [0.5, 0.6) is 0 Å². The van der Waals surface area contributed by atoms with Gasteiger partial charge in [0.15, 0.2) is 0 Å². The van der Waals surface area contributed by atoms with Gasteiger partial charge >= 0.3 is 0 Å². The summed E-state index contributed by atoms with van der Waals surface area (Å²) in [6.45, 7) is 13.8. The number of hydrogen-bond acceptors (Lipinski definition) is 4. The molecule has 0 radical (unpaired) electrons. The van der Waals surface area contributed by atoms with Crippen molar-refractivity contribution in [3.63, 3.8) is 0 Å². The van der Waals surface area contributed by atoms with Crippen LogP contribution in [-0.4, -0.2) is 60.3 Å². The summed E-state index contributed by atoms with van der Waals surface area (Å²) in [7, 11) is 0. The van der Waals surface area contributed by atoms with Crippen molar-refractivity contribution in [2.45, 2.75) is 64.3 Å². The molecule has 0 aromatic carbocycles. The second kappa shape index (κ2) is 5.62. The van der Waals surface area contributed by atoms with Gasteiger partial charge in [0.2, 0.25) is 5.91 Å². The zero-order chi connectivity index (χ0) is 15.0. The first kappa shape index (κ1) is 15.7. The Balaban J connectivity index is 2.17. The summed E-state index contributed by atoms with van der Waals surface area (Å²) >= 11 is 0. The molecule has 0 aromatic rings. The van der Waals surface area contributed by atoms with Crippen LogP contribution in [0.25, 0.3) is 0 Å². The van der Waals surface area contributed by atoms with Crippen molar-refractivity contribution >= 4 is 5.91 Å². The van der Waals surface area contributed by atoms with Crippen molar-refractivity contribution in [2.75, 3.05) is 26.2 Å². The van der Waals surface area contributed by atoms with Crippen molar-refractivity contribution < 1.29 is 9.53 Å². The lowest BCUT2D eigenvalue weighted by atomic mass is 9.91.